The smallest absolute Gasteiger partial charge is 0.243 e. The predicted octanol–water partition coefficient (Wildman–Crippen LogP) is 2.84. The zero-order valence-corrected chi connectivity index (χ0v) is 16.8. The van der Waals surface area contributed by atoms with E-state index in [1.54, 1.807) is 12.0 Å². The van der Waals surface area contributed by atoms with E-state index in [4.69, 9.17) is 4.74 Å². The third-order valence-corrected chi connectivity index (χ3v) is 5.39. The number of benzene rings is 2. The van der Waals surface area contributed by atoms with Crippen molar-refractivity contribution in [3.63, 3.8) is 0 Å². The maximum atomic E-state index is 13.0. The molecule has 7 heteroatoms. The summed E-state index contributed by atoms with van der Waals surface area (Å²) in [7, 11) is 1.58. The Morgan fingerprint density at radius 1 is 1.21 bits per heavy atom. The lowest BCUT2D eigenvalue weighted by Gasteiger charge is -2.21. The Labute approximate surface area is 169 Å². The number of anilines is 1. The number of hydrogen-bond acceptors (Lipinski definition) is 4. The lowest BCUT2D eigenvalue weighted by molar-refractivity contribution is -0.124. The SMILES string of the molecule is COc1ccccc1N1C[C@H](NC(=O)[C@@H](C)n2c(C)nc3ccccc32)CC1=O. The highest BCUT2D eigenvalue weighted by molar-refractivity contribution is 5.98. The fraction of sp³-hybridized carbons (Fsp3) is 0.318. The van der Waals surface area contributed by atoms with E-state index in [-0.39, 0.29) is 24.3 Å². The summed E-state index contributed by atoms with van der Waals surface area (Å²) >= 11 is 0. The van der Waals surface area contributed by atoms with Crippen LogP contribution in [0.4, 0.5) is 5.69 Å². The average molecular weight is 392 g/mol. The van der Waals surface area contributed by atoms with Crippen molar-refractivity contribution in [3.8, 4) is 5.75 Å². The molecule has 0 unspecified atom stereocenters. The number of para-hydroxylation sites is 4. The number of fused-ring (bicyclic) bond motifs is 1. The molecule has 1 fully saturated rings. The second-order valence-electron chi connectivity index (χ2n) is 7.28. The Balaban J connectivity index is 1.50. The van der Waals surface area contributed by atoms with Gasteiger partial charge in [0.15, 0.2) is 0 Å². The number of ether oxygens (including phenoxy) is 1. The van der Waals surface area contributed by atoms with Crippen LogP contribution in [0.15, 0.2) is 48.5 Å². The largest absolute Gasteiger partial charge is 0.495 e. The quantitative estimate of drug-likeness (QED) is 0.724. The van der Waals surface area contributed by atoms with Crippen LogP contribution in [0.2, 0.25) is 0 Å². The summed E-state index contributed by atoms with van der Waals surface area (Å²) < 4.78 is 7.30. The van der Waals surface area contributed by atoms with E-state index >= 15 is 0 Å². The normalized spacial score (nSPS) is 17.6. The van der Waals surface area contributed by atoms with Gasteiger partial charge in [-0.2, -0.15) is 0 Å². The molecule has 1 N–H and O–H groups in total. The van der Waals surface area contributed by atoms with Crippen molar-refractivity contribution in [2.45, 2.75) is 32.4 Å². The average Bonchev–Trinajstić information content (AvgIpc) is 3.25. The summed E-state index contributed by atoms with van der Waals surface area (Å²) in [5.41, 5.74) is 2.51. The number of nitrogens with zero attached hydrogens (tertiary/aromatic N) is 3. The van der Waals surface area contributed by atoms with Crippen molar-refractivity contribution in [2.75, 3.05) is 18.6 Å². The Kier molecular flexibility index (Phi) is 4.96. The predicted molar refractivity (Wildman–Crippen MR) is 111 cm³/mol. The zero-order valence-electron chi connectivity index (χ0n) is 16.8. The molecule has 1 aliphatic rings. The van der Waals surface area contributed by atoms with E-state index in [9.17, 15) is 9.59 Å². The first-order valence-electron chi connectivity index (χ1n) is 9.67. The molecule has 7 nitrogen and oxygen atoms in total. The fourth-order valence-corrected chi connectivity index (χ4v) is 3.98. The molecule has 150 valence electrons. The summed E-state index contributed by atoms with van der Waals surface area (Å²) in [5.74, 6) is 1.27. The number of aromatic nitrogens is 2. The van der Waals surface area contributed by atoms with Gasteiger partial charge in [0.1, 0.15) is 17.6 Å². The van der Waals surface area contributed by atoms with Crippen molar-refractivity contribution in [1.29, 1.82) is 0 Å². The standard InChI is InChI=1S/C22H24N4O3/c1-14(26-15(2)23-17-8-4-5-9-18(17)26)22(28)24-16-12-21(27)25(13-16)19-10-6-7-11-20(19)29-3/h4-11,14,16H,12-13H2,1-3H3,(H,24,28)/t14-,16-/m1/s1. The van der Waals surface area contributed by atoms with E-state index in [2.05, 4.69) is 10.3 Å². The third kappa shape index (κ3) is 3.44. The second kappa shape index (κ2) is 7.58. The molecule has 1 saturated heterocycles. The first kappa shape index (κ1) is 19.0. The van der Waals surface area contributed by atoms with Crippen LogP contribution in [-0.4, -0.2) is 41.1 Å². The maximum Gasteiger partial charge on any atom is 0.243 e. The minimum atomic E-state index is -0.433. The summed E-state index contributed by atoms with van der Waals surface area (Å²) in [5, 5.41) is 3.04. The second-order valence-corrected chi connectivity index (χ2v) is 7.28. The zero-order chi connectivity index (χ0) is 20.5. The van der Waals surface area contributed by atoms with Gasteiger partial charge >= 0.3 is 0 Å². The van der Waals surface area contributed by atoms with Crippen LogP contribution in [0.25, 0.3) is 11.0 Å². The first-order chi connectivity index (χ1) is 14.0. The van der Waals surface area contributed by atoms with Crippen LogP contribution in [0.3, 0.4) is 0 Å². The molecular formula is C22H24N4O3. The summed E-state index contributed by atoms with van der Waals surface area (Å²) in [6, 6.07) is 14.5. The molecule has 3 aromatic rings. The molecule has 2 amide bonds. The molecule has 0 radical (unpaired) electrons. The third-order valence-electron chi connectivity index (χ3n) is 5.39. The monoisotopic (exact) mass is 392 g/mol. The Bertz CT molecular complexity index is 1070. The number of nitrogens with one attached hydrogen (secondary N) is 1. The van der Waals surface area contributed by atoms with Gasteiger partial charge in [-0.15, -0.1) is 0 Å². The molecule has 1 aliphatic heterocycles. The van der Waals surface area contributed by atoms with Crippen molar-refractivity contribution >= 4 is 28.5 Å². The molecule has 1 aromatic heterocycles. The minimum Gasteiger partial charge on any atom is -0.495 e. The van der Waals surface area contributed by atoms with Crippen LogP contribution in [0, 0.1) is 6.92 Å². The molecule has 0 saturated carbocycles. The van der Waals surface area contributed by atoms with E-state index in [0.29, 0.717) is 12.3 Å². The fourth-order valence-electron chi connectivity index (χ4n) is 3.98. The molecule has 0 spiro atoms. The van der Waals surface area contributed by atoms with E-state index in [0.717, 1.165) is 22.5 Å². The number of imidazole rings is 1. The van der Waals surface area contributed by atoms with Crippen molar-refractivity contribution in [3.05, 3.63) is 54.4 Å². The van der Waals surface area contributed by atoms with Gasteiger partial charge in [0.25, 0.3) is 0 Å². The Hall–Kier alpha value is -3.35. The topological polar surface area (TPSA) is 76.5 Å². The summed E-state index contributed by atoms with van der Waals surface area (Å²) in [6.45, 7) is 4.17. The Morgan fingerprint density at radius 3 is 2.72 bits per heavy atom. The van der Waals surface area contributed by atoms with Gasteiger partial charge in [-0.3, -0.25) is 9.59 Å². The van der Waals surface area contributed by atoms with Gasteiger partial charge in [0.2, 0.25) is 11.8 Å². The minimum absolute atomic E-state index is 0.0308. The summed E-state index contributed by atoms with van der Waals surface area (Å²) in [4.78, 5) is 31.7. The maximum absolute atomic E-state index is 13.0. The number of carbonyl (C=O) groups excluding carboxylic acids is 2. The summed E-state index contributed by atoms with van der Waals surface area (Å²) in [6.07, 6.45) is 0.264. The molecule has 0 aliphatic carbocycles. The number of amides is 2. The van der Waals surface area contributed by atoms with Crippen molar-refractivity contribution < 1.29 is 14.3 Å². The van der Waals surface area contributed by atoms with Crippen LogP contribution < -0.4 is 15.0 Å². The number of methoxy groups -OCH3 is 1. The van der Waals surface area contributed by atoms with E-state index in [1.165, 1.54) is 0 Å². The van der Waals surface area contributed by atoms with Gasteiger partial charge in [0.05, 0.1) is 29.9 Å². The molecule has 4 rings (SSSR count). The number of carbonyl (C=O) groups is 2. The van der Waals surface area contributed by atoms with Crippen molar-refractivity contribution in [1.82, 2.24) is 14.9 Å². The molecule has 2 atom stereocenters. The lowest BCUT2D eigenvalue weighted by atomic mass is 10.2. The van der Waals surface area contributed by atoms with Gasteiger partial charge in [-0.1, -0.05) is 24.3 Å². The van der Waals surface area contributed by atoms with Crippen LogP contribution in [0.1, 0.15) is 25.2 Å². The molecular weight excluding hydrogens is 368 g/mol. The molecule has 2 heterocycles. The van der Waals surface area contributed by atoms with Gasteiger partial charge in [-0.05, 0) is 38.1 Å². The Morgan fingerprint density at radius 2 is 1.93 bits per heavy atom. The molecule has 2 aromatic carbocycles. The highest BCUT2D eigenvalue weighted by Crippen LogP contribution is 2.31. The molecule has 29 heavy (non-hydrogen) atoms. The lowest BCUT2D eigenvalue weighted by Crippen LogP contribution is -2.40. The van der Waals surface area contributed by atoms with Gasteiger partial charge in [-0.25, -0.2) is 4.98 Å². The number of rotatable bonds is 5. The van der Waals surface area contributed by atoms with Crippen LogP contribution in [-0.2, 0) is 9.59 Å². The number of hydrogen-bond donors (Lipinski definition) is 1. The van der Waals surface area contributed by atoms with Crippen molar-refractivity contribution in [2.24, 2.45) is 0 Å². The molecule has 0 bridgehead atoms. The van der Waals surface area contributed by atoms with Gasteiger partial charge in [0, 0.05) is 13.0 Å². The van der Waals surface area contributed by atoms with E-state index < -0.39 is 6.04 Å². The highest BCUT2D eigenvalue weighted by atomic mass is 16.5. The van der Waals surface area contributed by atoms with E-state index in [1.807, 2.05) is 66.9 Å². The highest BCUT2D eigenvalue weighted by Gasteiger charge is 2.34. The first-order valence-corrected chi connectivity index (χ1v) is 9.67. The van der Waals surface area contributed by atoms with Crippen LogP contribution in [0.5, 0.6) is 5.75 Å². The van der Waals surface area contributed by atoms with Crippen LogP contribution >= 0.6 is 0 Å². The number of aryl methyl sites for hydroxylation is 1. The van der Waals surface area contributed by atoms with Gasteiger partial charge < -0.3 is 19.5 Å².